The molecule has 0 spiro atoms. The first-order chi connectivity index (χ1) is 4.31. The summed E-state index contributed by atoms with van der Waals surface area (Å²) in [7, 11) is 0. The van der Waals surface area contributed by atoms with Crippen LogP contribution < -0.4 is 5.41 Å². The summed E-state index contributed by atoms with van der Waals surface area (Å²) < 4.78 is 4.29. The van der Waals surface area contributed by atoms with Crippen molar-refractivity contribution < 1.29 is 19.7 Å². The van der Waals surface area contributed by atoms with E-state index in [-0.39, 0.29) is 12.5 Å². The molecule has 1 aliphatic heterocycles. The highest BCUT2D eigenvalue weighted by molar-refractivity contribution is 5.88. The molecule has 0 fully saturated rings. The van der Waals surface area contributed by atoms with Crippen molar-refractivity contribution in [1.29, 1.82) is 0 Å². The summed E-state index contributed by atoms with van der Waals surface area (Å²) >= 11 is 0. The highest BCUT2D eigenvalue weighted by Crippen LogP contribution is 1.83. The monoisotopic (exact) mass is 128 g/mol. The Hall–Kier alpha value is -1.48. The summed E-state index contributed by atoms with van der Waals surface area (Å²) in [5, 5.41) is 4.04. The Morgan fingerprint density at radius 1 is 1.89 bits per heavy atom. The lowest BCUT2D eigenvalue weighted by Gasteiger charge is -1.87. The van der Waals surface area contributed by atoms with Crippen LogP contribution >= 0.6 is 0 Å². The van der Waals surface area contributed by atoms with E-state index < -0.39 is 0 Å². The van der Waals surface area contributed by atoms with Crippen LogP contribution in [0.2, 0.25) is 0 Å². The molecule has 0 aromatic carbocycles. The molecule has 0 saturated heterocycles. The fourth-order valence-corrected chi connectivity index (χ4v) is 0.209. The Balaban J connectivity index is 0.000000187. The summed E-state index contributed by atoms with van der Waals surface area (Å²) in [6.45, 7) is 0.0694. The van der Waals surface area contributed by atoms with Crippen molar-refractivity contribution in [2.45, 2.75) is 0 Å². The molecule has 0 atom stereocenters. The van der Waals surface area contributed by atoms with Crippen LogP contribution in [-0.2, 0) is 14.3 Å². The number of rotatable bonds is 0. The third-order valence-corrected chi connectivity index (χ3v) is 0.431. The van der Waals surface area contributed by atoms with E-state index in [0.717, 1.165) is 6.08 Å². The molecule has 0 aromatic heterocycles. The maximum absolute atomic E-state index is 9.89. The minimum Gasteiger partial charge on any atom is -0.581 e. The minimum absolute atomic E-state index is 0.0694. The average molecular weight is 128 g/mol. The van der Waals surface area contributed by atoms with E-state index in [1.165, 1.54) is 0 Å². The zero-order valence-corrected chi connectivity index (χ0v) is 4.46. The first-order valence-electron chi connectivity index (χ1n) is 1.99. The van der Waals surface area contributed by atoms with Gasteiger partial charge in [0.15, 0.2) is 0 Å². The van der Waals surface area contributed by atoms with Crippen molar-refractivity contribution >= 4 is 18.4 Å². The SMILES string of the molecule is O=C1CO[C-]=N1.[NH2+]=C=O. The van der Waals surface area contributed by atoms with Crippen LogP contribution in [0.5, 0.6) is 0 Å². The van der Waals surface area contributed by atoms with Crippen molar-refractivity contribution in [2.24, 2.45) is 4.99 Å². The first-order valence-corrected chi connectivity index (χ1v) is 1.99. The lowest BCUT2D eigenvalue weighted by atomic mass is 10.7. The van der Waals surface area contributed by atoms with Crippen molar-refractivity contribution in [3.63, 3.8) is 0 Å². The van der Waals surface area contributed by atoms with Crippen LogP contribution in [0.15, 0.2) is 4.99 Å². The Bertz CT molecular complexity index is 157. The molecule has 9 heavy (non-hydrogen) atoms. The van der Waals surface area contributed by atoms with Gasteiger partial charge in [0.05, 0.1) is 6.61 Å². The van der Waals surface area contributed by atoms with E-state index in [0.29, 0.717) is 0 Å². The van der Waals surface area contributed by atoms with Gasteiger partial charge in [0.1, 0.15) is 5.91 Å². The zero-order valence-electron chi connectivity index (χ0n) is 4.46. The van der Waals surface area contributed by atoms with Crippen LogP contribution in [0.25, 0.3) is 0 Å². The number of amides is 1. The highest BCUT2D eigenvalue weighted by atomic mass is 16.5. The Morgan fingerprint density at radius 3 is 2.56 bits per heavy atom. The topological polar surface area (TPSA) is 81.3 Å². The molecular formula is C4H4N2O3. The number of ether oxygens (including phenoxy) is 1. The molecule has 0 saturated carbocycles. The Labute approximate surface area is 50.9 Å². The normalized spacial score (nSPS) is 13.1. The molecule has 2 N–H and O–H groups in total. The number of nitrogens with zero attached hydrogens (tertiary/aromatic N) is 1. The molecule has 5 nitrogen and oxygen atoms in total. The van der Waals surface area contributed by atoms with Gasteiger partial charge >= 0.3 is 6.08 Å². The molecule has 0 aliphatic carbocycles. The fraction of sp³-hybridized carbons (Fsp3) is 0.250. The van der Waals surface area contributed by atoms with Gasteiger partial charge in [0.25, 0.3) is 0 Å². The van der Waals surface area contributed by atoms with Gasteiger partial charge in [-0.25, -0.2) is 0 Å². The molecular weight excluding hydrogens is 124 g/mol. The second-order valence-corrected chi connectivity index (χ2v) is 1.00. The molecule has 0 radical (unpaired) electrons. The molecule has 48 valence electrons. The van der Waals surface area contributed by atoms with E-state index >= 15 is 0 Å². The number of carbonyl (C=O) groups is 1. The standard InChI is InChI=1S/C3H2NO2.CHNO/c5-3-1-6-2-4-3;2-1-3/h1H2;2H/q-1;/p+1. The molecule has 1 amide bonds. The van der Waals surface area contributed by atoms with Crippen molar-refractivity contribution in [3.8, 4) is 0 Å². The van der Waals surface area contributed by atoms with Gasteiger partial charge in [0, 0.05) is 6.40 Å². The summed E-state index contributed by atoms with van der Waals surface area (Å²) in [5.74, 6) is -0.255. The second kappa shape index (κ2) is 4.67. The zero-order chi connectivity index (χ0) is 7.11. The maximum Gasteiger partial charge on any atom is 0.420 e. The van der Waals surface area contributed by atoms with Gasteiger partial charge < -0.3 is 14.5 Å². The van der Waals surface area contributed by atoms with Crippen LogP contribution in [0.4, 0.5) is 0 Å². The van der Waals surface area contributed by atoms with Gasteiger partial charge in [-0.3, -0.25) is 0 Å². The number of hydrogen-bond donors (Lipinski definition) is 1. The van der Waals surface area contributed by atoms with E-state index in [1.54, 1.807) is 0 Å². The van der Waals surface area contributed by atoms with E-state index in [4.69, 9.17) is 4.79 Å². The van der Waals surface area contributed by atoms with E-state index in [9.17, 15) is 4.79 Å². The minimum atomic E-state index is -0.255. The molecule has 0 bridgehead atoms. The summed E-state index contributed by atoms with van der Waals surface area (Å²) in [6, 6.07) is 0. The third-order valence-electron chi connectivity index (χ3n) is 0.431. The number of carbonyl (C=O) groups excluding carboxylic acids is 2. The van der Waals surface area contributed by atoms with Crippen LogP contribution in [0, 0.1) is 0 Å². The first kappa shape index (κ1) is 7.52. The molecule has 0 unspecified atom stereocenters. The van der Waals surface area contributed by atoms with E-state index in [2.05, 4.69) is 15.1 Å². The average Bonchev–Trinajstić information content (AvgIpc) is 2.20. The molecule has 0 aromatic rings. The number of isocyanates is 1. The largest absolute Gasteiger partial charge is 0.581 e. The van der Waals surface area contributed by atoms with Gasteiger partial charge in [0.2, 0.25) is 0 Å². The van der Waals surface area contributed by atoms with Gasteiger partial charge in [-0.1, -0.05) is 0 Å². The summed E-state index contributed by atoms with van der Waals surface area (Å²) in [6.07, 6.45) is 3.05. The molecule has 5 heteroatoms. The predicted molar refractivity (Wildman–Crippen MR) is 26.0 cm³/mol. The van der Waals surface area contributed by atoms with Crippen molar-refractivity contribution in [2.75, 3.05) is 6.61 Å². The van der Waals surface area contributed by atoms with Crippen molar-refractivity contribution in [3.05, 3.63) is 0 Å². The molecule has 1 heterocycles. The van der Waals surface area contributed by atoms with Gasteiger partial charge in [-0.05, 0) is 0 Å². The lowest BCUT2D eigenvalue weighted by Crippen LogP contribution is -2.24. The highest BCUT2D eigenvalue weighted by Gasteiger charge is 1.87. The number of nitrogens with two attached hydrogens (primary N) is 1. The van der Waals surface area contributed by atoms with Gasteiger partial charge in [-0.2, -0.15) is 10.2 Å². The smallest absolute Gasteiger partial charge is 0.420 e. The Kier molecular flexibility index (Phi) is 3.90. The predicted octanol–water partition coefficient (Wildman–Crippen LogP) is -2.47. The van der Waals surface area contributed by atoms with Crippen LogP contribution in [-0.4, -0.2) is 25.0 Å². The second-order valence-electron chi connectivity index (χ2n) is 1.00. The third kappa shape index (κ3) is 4.37. The summed E-state index contributed by atoms with van der Waals surface area (Å²) in [5.41, 5.74) is 0. The quantitative estimate of drug-likeness (QED) is 0.223. The number of aliphatic imine (C=N–C) groups is 1. The van der Waals surface area contributed by atoms with E-state index in [1.807, 2.05) is 6.40 Å². The maximum atomic E-state index is 9.89. The van der Waals surface area contributed by atoms with Crippen molar-refractivity contribution in [1.82, 2.24) is 0 Å². The lowest BCUT2D eigenvalue weighted by molar-refractivity contribution is -0.118. The van der Waals surface area contributed by atoms with Crippen LogP contribution in [0.1, 0.15) is 0 Å². The Morgan fingerprint density at radius 2 is 2.44 bits per heavy atom. The van der Waals surface area contributed by atoms with Gasteiger partial charge in [-0.15, -0.1) is 0 Å². The summed E-state index contributed by atoms with van der Waals surface area (Å²) in [4.78, 5) is 21.5. The molecule has 1 rings (SSSR count). The molecule has 1 aliphatic rings. The number of hydrogen-bond acceptors (Lipinski definition) is 3. The fourth-order valence-electron chi connectivity index (χ4n) is 0.209. The van der Waals surface area contributed by atoms with Crippen LogP contribution in [0.3, 0.4) is 0 Å².